The molecule has 1 aromatic heterocycles. The Balaban J connectivity index is 1.34. The highest BCUT2D eigenvalue weighted by Crippen LogP contribution is 2.49. The van der Waals surface area contributed by atoms with Crippen LogP contribution in [0, 0.1) is 0 Å². The number of halogens is 3. The van der Waals surface area contributed by atoms with Gasteiger partial charge in [-0.15, -0.1) is 0 Å². The smallest absolute Gasteiger partial charge is 0.375 e. The van der Waals surface area contributed by atoms with Crippen LogP contribution in [0.3, 0.4) is 0 Å². The molecule has 6 heteroatoms. The molecule has 2 aliphatic rings. The zero-order valence-electron chi connectivity index (χ0n) is 17.9. The van der Waals surface area contributed by atoms with Gasteiger partial charge in [-0.1, -0.05) is 31.0 Å². The Hall–Kier alpha value is -1.92. The minimum Gasteiger partial charge on any atom is -0.375 e. The van der Waals surface area contributed by atoms with Crippen LogP contribution in [0.4, 0.5) is 13.2 Å². The number of hydrogen-bond donors (Lipinski definition) is 1. The summed E-state index contributed by atoms with van der Waals surface area (Å²) in [6, 6.07) is 11.6. The van der Waals surface area contributed by atoms with Crippen molar-refractivity contribution in [3.8, 4) is 0 Å². The van der Waals surface area contributed by atoms with Crippen molar-refractivity contribution >= 4 is 0 Å². The largest absolute Gasteiger partial charge is 0.416 e. The molecule has 0 unspecified atom stereocenters. The van der Waals surface area contributed by atoms with Crippen molar-refractivity contribution < 1.29 is 17.9 Å². The Morgan fingerprint density at radius 3 is 2.42 bits per heavy atom. The molecule has 1 aliphatic carbocycles. The predicted molar refractivity (Wildman–Crippen MR) is 115 cm³/mol. The van der Waals surface area contributed by atoms with Gasteiger partial charge in [-0.2, -0.15) is 13.2 Å². The number of nitrogens with zero attached hydrogens (tertiary/aromatic N) is 1. The maximum atomic E-state index is 12.7. The van der Waals surface area contributed by atoms with E-state index in [2.05, 4.69) is 17.4 Å². The van der Waals surface area contributed by atoms with Crippen molar-refractivity contribution in [3.63, 3.8) is 0 Å². The molecular weight excluding hydrogens is 401 g/mol. The van der Waals surface area contributed by atoms with Gasteiger partial charge in [0.15, 0.2) is 0 Å². The van der Waals surface area contributed by atoms with Crippen molar-refractivity contribution in [1.82, 2.24) is 10.3 Å². The van der Waals surface area contributed by atoms with Crippen LogP contribution >= 0.6 is 0 Å². The van der Waals surface area contributed by atoms with Gasteiger partial charge in [0.1, 0.15) is 0 Å². The Morgan fingerprint density at radius 2 is 1.74 bits per heavy atom. The molecule has 1 aliphatic heterocycles. The van der Waals surface area contributed by atoms with E-state index in [-0.39, 0.29) is 11.0 Å². The van der Waals surface area contributed by atoms with Gasteiger partial charge in [0.25, 0.3) is 0 Å². The van der Waals surface area contributed by atoms with E-state index in [9.17, 15) is 13.2 Å². The molecule has 0 bridgehead atoms. The van der Waals surface area contributed by atoms with Gasteiger partial charge in [0.2, 0.25) is 0 Å². The van der Waals surface area contributed by atoms with Crippen molar-refractivity contribution in [2.45, 2.75) is 68.6 Å². The highest BCUT2D eigenvalue weighted by molar-refractivity contribution is 5.25. The molecule has 1 spiro atoms. The first-order valence-corrected chi connectivity index (χ1v) is 11.3. The Labute approximate surface area is 182 Å². The van der Waals surface area contributed by atoms with Gasteiger partial charge in [-0.3, -0.25) is 4.98 Å². The number of ether oxygens (including phenoxy) is 1. The maximum absolute atomic E-state index is 12.7. The highest BCUT2D eigenvalue weighted by Gasteiger charge is 2.48. The second-order valence-electron chi connectivity index (χ2n) is 9.11. The molecule has 1 aromatic carbocycles. The average Bonchev–Trinajstić information content (AvgIpc) is 3.21. The summed E-state index contributed by atoms with van der Waals surface area (Å²) in [4.78, 5) is 4.73. The Bertz CT molecular complexity index is 832. The molecule has 1 N–H and O–H groups in total. The van der Waals surface area contributed by atoms with Crippen LogP contribution in [0.5, 0.6) is 0 Å². The second-order valence-corrected chi connectivity index (χ2v) is 9.11. The number of nitrogens with one attached hydrogen (secondary N) is 1. The quantitative estimate of drug-likeness (QED) is 0.571. The first-order valence-electron chi connectivity index (χ1n) is 11.3. The van der Waals surface area contributed by atoms with Crippen LogP contribution < -0.4 is 5.32 Å². The Kier molecular flexibility index (Phi) is 6.68. The third kappa shape index (κ3) is 5.29. The summed E-state index contributed by atoms with van der Waals surface area (Å²) in [6.45, 7) is 2.38. The molecule has 0 radical (unpaired) electrons. The van der Waals surface area contributed by atoms with Crippen LogP contribution in [-0.4, -0.2) is 30.3 Å². The number of hydrogen-bond acceptors (Lipinski definition) is 3. The van der Waals surface area contributed by atoms with Crippen molar-refractivity contribution in [3.05, 3.63) is 65.5 Å². The molecule has 1 saturated heterocycles. The van der Waals surface area contributed by atoms with E-state index >= 15 is 0 Å². The van der Waals surface area contributed by atoms with Crippen molar-refractivity contribution in [1.29, 1.82) is 0 Å². The minimum absolute atomic E-state index is 0.00992. The number of alkyl halides is 3. The number of rotatable bonds is 7. The topological polar surface area (TPSA) is 34.2 Å². The summed E-state index contributed by atoms with van der Waals surface area (Å²) < 4.78 is 44.4. The van der Waals surface area contributed by atoms with E-state index < -0.39 is 11.7 Å². The van der Waals surface area contributed by atoms with E-state index in [4.69, 9.17) is 9.72 Å². The van der Waals surface area contributed by atoms with Gasteiger partial charge in [-0.25, -0.2) is 0 Å². The lowest BCUT2D eigenvalue weighted by molar-refractivity contribution is -0.137. The fourth-order valence-electron chi connectivity index (χ4n) is 5.34. The molecule has 1 atom stereocenters. The van der Waals surface area contributed by atoms with E-state index in [1.165, 1.54) is 12.8 Å². The zero-order valence-corrected chi connectivity index (χ0v) is 17.9. The summed E-state index contributed by atoms with van der Waals surface area (Å²) >= 11 is 0. The van der Waals surface area contributed by atoms with Crippen LogP contribution in [0.15, 0.2) is 48.7 Å². The molecule has 4 rings (SSSR count). The summed E-state index contributed by atoms with van der Waals surface area (Å²) in [5.41, 5.74) is 1.51. The normalized spacial score (nSPS) is 23.3. The molecule has 31 heavy (non-hydrogen) atoms. The second kappa shape index (κ2) is 9.29. The fraction of sp³-hybridized carbons (Fsp3) is 0.560. The number of pyridine rings is 1. The van der Waals surface area contributed by atoms with Gasteiger partial charge in [-0.05, 0) is 81.4 Å². The molecule has 2 aromatic rings. The van der Waals surface area contributed by atoms with Crippen molar-refractivity contribution in [2.24, 2.45) is 0 Å². The Morgan fingerprint density at radius 1 is 0.968 bits per heavy atom. The van der Waals surface area contributed by atoms with E-state index in [0.29, 0.717) is 6.42 Å². The molecular formula is C25H31F3N2O. The fourth-order valence-corrected chi connectivity index (χ4v) is 5.34. The average molecular weight is 433 g/mol. The van der Waals surface area contributed by atoms with Crippen LogP contribution in [0.2, 0.25) is 0 Å². The molecule has 168 valence electrons. The summed E-state index contributed by atoms with van der Waals surface area (Å²) in [7, 11) is 0. The summed E-state index contributed by atoms with van der Waals surface area (Å²) in [5.74, 6) is 0. The maximum Gasteiger partial charge on any atom is 0.416 e. The van der Waals surface area contributed by atoms with Gasteiger partial charge >= 0.3 is 6.18 Å². The van der Waals surface area contributed by atoms with Crippen molar-refractivity contribution in [2.75, 3.05) is 19.7 Å². The van der Waals surface area contributed by atoms with E-state index in [1.807, 2.05) is 12.3 Å². The zero-order chi connectivity index (χ0) is 21.8. The predicted octanol–water partition coefficient (Wildman–Crippen LogP) is 5.68. The minimum atomic E-state index is -4.28. The summed E-state index contributed by atoms with van der Waals surface area (Å²) in [5, 5.41) is 3.51. The number of aromatic nitrogens is 1. The summed E-state index contributed by atoms with van der Waals surface area (Å²) in [6.07, 6.45) is 6.07. The number of benzene rings is 1. The van der Waals surface area contributed by atoms with Crippen LogP contribution in [0.25, 0.3) is 0 Å². The molecule has 2 heterocycles. The molecule has 3 nitrogen and oxygen atoms in total. The molecule has 1 saturated carbocycles. The SMILES string of the molecule is FC(F)(F)c1ccc(CCNCC[C@@]2(c3ccccn3)CCOC3(CCCC3)C2)cc1. The van der Waals surface area contributed by atoms with Gasteiger partial charge < -0.3 is 10.1 Å². The van der Waals surface area contributed by atoms with Crippen LogP contribution in [-0.2, 0) is 22.7 Å². The first-order chi connectivity index (χ1) is 14.9. The third-order valence-corrected chi connectivity index (χ3v) is 7.02. The monoisotopic (exact) mass is 432 g/mol. The third-order valence-electron chi connectivity index (χ3n) is 7.02. The van der Waals surface area contributed by atoms with E-state index in [1.54, 1.807) is 12.1 Å². The first kappa shape index (κ1) is 22.3. The van der Waals surface area contributed by atoms with Gasteiger partial charge in [0.05, 0.1) is 11.2 Å². The van der Waals surface area contributed by atoms with E-state index in [0.717, 1.165) is 75.2 Å². The highest BCUT2D eigenvalue weighted by atomic mass is 19.4. The lowest BCUT2D eigenvalue weighted by atomic mass is 9.68. The lowest BCUT2D eigenvalue weighted by Gasteiger charge is -2.46. The lowest BCUT2D eigenvalue weighted by Crippen LogP contribution is -2.47. The molecule has 2 fully saturated rings. The van der Waals surface area contributed by atoms with Crippen LogP contribution in [0.1, 0.15) is 61.8 Å². The van der Waals surface area contributed by atoms with Gasteiger partial charge in [0, 0.05) is 23.9 Å². The standard InChI is InChI=1S/C25H31F3N2O/c26-25(27,28)21-8-6-20(7-9-21)10-16-29-17-13-23(22-5-1-4-15-30-22)14-18-31-24(19-23)11-2-3-12-24/h1,4-9,15,29H,2-3,10-14,16-19H2/t23-/m1/s1. The molecule has 0 amide bonds.